The molecule has 0 bridgehead atoms. The standard InChI is InChI=1S/C20H34N2O2/c1-19(2,3)20(15-21-18(14-24)9-12-23)10-11-22(16-20)13-17-7-5-4-6-8-17/h4-8,18,21,23-24H,9-16H2,1-3H3/t18-,20?/m0/s1. The van der Waals surface area contributed by atoms with Gasteiger partial charge >= 0.3 is 0 Å². The summed E-state index contributed by atoms with van der Waals surface area (Å²) in [5.74, 6) is 0. The lowest BCUT2D eigenvalue weighted by atomic mass is 9.65. The fraction of sp³-hybridized carbons (Fsp3) is 0.700. The molecule has 0 spiro atoms. The molecule has 0 amide bonds. The Bertz CT molecular complexity index is 486. The molecule has 136 valence electrons. The van der Waals surface area contributed by atoms with Gasteiger partial charge in [0, 0.05) is 37.7 Å². The largest absolute Gasteiger partial charge is 0.396 e. The number of rotatable bonds is 8. The molecule has 1 saturated heterocycles. The van der Waals surface area contributed by atoms with Crippen molar-refractivity contribution in [2.24, 2.45) is 10.8 Å². The molecule has 3 N–H and O–H groups in total. The number of hydrogen-bond acceptors (Lipinski definition) is 4. The molecular formula is C20H34N2O2. The Labute approximate surface area is 146 Å². The normalized spacial score (nSPS) is 23.5. The van der Waals surface area contributed by atoms with E-state index in [2.05, 4.69) is 61.3 Å². The summed E-state index contributed by atoms with van der Waals surface area (Å²) in [6.07, 6.45) is 1.76. The molecule has 1 unspecified atom stereocenters. The summed E-state index contributed by atoms with van der Waals surface area (Å²) in [6, 6.07) is 10.6. The minimum Gasteiger partial charge on any atom is -0.396 e. The van der Waals surface area contributed by atoms with Crippen molar-refractivity contribution in [3.63, 3.8) is 0 Å². The number of nitrogens with zero attached hydrogens (tertiary/aromatic N) is 1. The van der Waals surface area contributed by atoms with Gasteiger partial charge in [-0.1, -0.05) is 51.1 Å². The van der Waals surface area contributed by atoms with Crippen LogP contribution in [0.3, 0.4) is 0 Å². The van der Waals surface area contributed by atoms with Crippen LogP contribution < -0.4 is 5.32 Å². The third-order valence-electron chi connectivity index (χ3n) is 5.70. The quantitative estimate of drug-likeness (QED) is 0.683. The van der Waals surface area contributed by atoms with Crippen molar-refractivity contribution in [3.05, 3.63) is 35.9 Å². The highest BCUT2D eigenvalue weighted by Gasteiger charge is 2.46. The van der Waals surface area contributed by atoms with Crippen LogP contribution in [0.1, 0.15) is 39.2 Å². The van der Waals surface area contributed by atoms with Crippen molar-refractivity contribution in [2.75, 3.05) is 32.8 Å². The third-order valence-corrected chi connectivity index (χ3v) is 5.70. The highest BCUT2D eigenvalue weighted by molar-refractivity contribution is 5.15. The molecule has 1 aliphatic heterocycles. The number of benzene rings is 1. The second-order valence-corrected chi connectivity index (χ2v) is 8.25. The molecule has 0 radical (unpaired) electrons. The van der Waals surface area contributed by atoms with Crippen molar-refractivity contribution in [3.8, 4) is 0 Å². The molecule has 0 aliphatic carbocycles. The van der Waals surface area contributed by atoms with Crippen LogP contribution in [-0.4, -0.2) is 54.0 Å². The van der Waals surface area contributed by atoms with Gasteiger partial charge in [-0.05, 0) is 30.4 Å². The van der Waals surface area contributed by atoms with Crippen LogP contribution in [-0.2, 0) is 6.54 Å². The Morgan fingerprint density at radius 2 is 1.92 bits per heavy atom. The first-order valence-corrected chi connectivity index (χ1v) is 9.11. The highest BCUT2D eigenvalue weighted by Crippen LogP contribution is 2.46. The molecule has 1 aromatic rings. The van der Waals surface area contributed by atoms with Gasteiger partial charge in [0.05, 0.1) is 6.61 Å². The Morgan fingerprint density at radius 1 is 1.21 bits per heavy atom. The molecule has 24 heavy (non-hydrogen) atoms. The second kappa shape index (κ2) is 8.43. The van der Waals surface area contributed by atoms with E-state index in [4.69, 9.17) is 5.11 Å². The minimum atomic E-state index is -0.0163. The summed E-state index contributed by atoms with van der Waals surface area (Å²) in [6.45, 7) is 11.2. The summed E-state index contributed by atoms with van der Waals surface area (Å²) < 4.78 is 0. The predicted octanol–water partition coefficient (Wildman–Crippen LogP) is 2.26. The summed E-state index contributed by atoms with van der Waals surface area (Å²) in [7, 11) is 0. The predicted molar refractivity (Wildman–Crippen MR) is 98.8 cm³/mol. The van der Waals surface area contributed by atoms with Crippen LogP contribution in [0.4, 0.5) is 0 Å². The number of aliphatic hydroxyl groups excluding tert-OH is 2. The molecule has 1 heterocycles. The van der Waals surface area contributed by atoms with Gasteiger partial charge in [-0.3, -0.25) is 4.90 Å². The average Bonchev–Trinajstić information content (AvgIpc) is 2.96. The van der Waals surface area contributed by atoms with Crippen LogP contribution in [0.15, 0.2) is 30.3 Å². The number of aliphatic hydroxyl groups is 2. The monoisotopic (exact) mass is 334 g/mol. The van der Waals surface area contributed by atoms with E-state index in [0.717, 1.165) is 32.6 Å². The van der Waals surface area contributed by atoms with Gasteiger partial charge in [-0.25, -0.2) is 0 Å². The zero-order chi connectivity index (χ0) is 17.6. The van der Waals surface area contributed by atoms with Crippen molar-refractivity contribution in [1.82, 2.24) is 10.2 Å². The van der Waals surface area contributed by atoms with Crippen LogP contribution in [0, 0.1) is 10.8 Å². The molecule has 2 rings (SSSR count). The van der Waals surface area contributed by atoms with Crippen LogP contribution in [0.2, 0.25) is 0 Å². The molecule has 4 nitrogen and oxygen atoms in total. The molecule has 1 fully saturated rings. The van der Waals surface area contributed by atoms with Crippen molar-refractivity contribution >= 4 is 0 Å². The van der Waals surface area contributed by atoms with Gasteiger partial charge in [-0.2, -0.15) is 0 Å². The summed E-state index contributed by atoms with van der Waals surface area (Å²) >= 11 is 0. The summed E-state index contributed by atoms with van der Waals surface area (Å²) in [5, 5.41) is 22.1. The smallest absolute Gasteiger partial charge is 0.0585 e. The summed E-state index contributed by atoms with van der Waals surface area (Å²) in [4.78, 5) is 2.54. The Kier molecular flexibility index (Phi) is 6.81. The third kappa shape index (κ3) is 4.79. The van der Waals surface area contributed by atoms with Gasteiger partial charge in [-0.15, -0.1) is 0 Å². The van der Waals surface area contributed by atoms with E-state index in [1.54, 1.807) is 0 Å². The lowest BCUT2D eigenvalue weighted by Gasteiger charge is -2.43. The number of hydrogen-bond donors (Lipinski definition) is 3. The molecule has 4 heteroatoms. The van der Waals surface area contributed by atoms with E-state index in [0.29, 0.717) is 6.42 Å². The van der Waals surface area contributed by atoms with E-state index >= 15 is 0 Å². The zero-order valence-electron chi connectivity index (χ0n) is 15.5. The maximum absolute atomic E-state index is 9.48. The lowest BCUT2D eigenvalue weighted by molar-refractivity contribution is 0.0793. The lowest BCUT2D eigenvalue weighted by Crippen LogP contribution is -2.49. The molecule has 0 aromatic heterocycles. The summed E-state index contributed by atoms with van der Waals surface area (Å²) in [5.41, 5.74) is 1.73. The molecular weight excluding hydrogens is 300 g/mol. The first-order chi connectivity index (χ1) is 11.4. The number of likely N-dealkylation sites (tertiary alicyclic amines) is 1. The van der Waals surface area contributed by atoms with E-state index in [1.165, 1.54) is 5.56 Å². The van der Waals surface area contributed by atoms with E-state index < -0.39 is 0 Å². The van der Waals surface area contributed by atoms with Crippen molar-refractivity contribution in [2.45, 2.75) is 46.2 Å². The maximum atomic E-state index is 9.48. The minimum absolute atomic E-state index is 0.0163. The first kappa shape index (κ1) is 19.4. The zero-order valence-corrected chi connectivity index (χ0v) is 15.5. The second-order valence-electron chi connectivity index (χ2n) is 8.25. The van der Waals surface area contributed by atoms with Gasteiger partial charge < -0.3 is 15.5 Å². The van der Waals surface area contributed by atoms with E-state index in [9.17, 15) is 5.11 Å². The Morgan fingerprint density at radius 3 is 2.50 bits per heavy atom. The van der Waals surface area contributed by atoms with Gasteiger partial charge in [0.25, 0.3) is 0 Å². The van der Waals surface area contributed by atoms with Gasteiger partial charge in [0.1, 0.15) is 0 Å². The Hall–Kier alpha value is -0.940. The Balaban J connectivity index is 2.01. The van der Waals surface area contributed by atoms with E-state index in [1.807, 2.05) is 0 Å². The molecule has 0 saturated carbocycles. The fourth-order valence-electron chi connectivity index (χ4n) is 3.71. The van der Waals surface area contributed by atoms with Crippen LogP contribution >= 0.6 is 0 Å². The average molecular weight is 335 g/mol. The van der Waals surface area contributed by atoms with Crippen LogP contribution in [0.5, 0.6) is 0 Å². The topological polar surface area (TPSA) is 55.7 Å². The molecule has 2 atom stereocenters. The van der Waals surface area contributed by atoms with Crippen molar-refractivity contribution in [1.29, 1.82) is 0 Å². The molecule has 1 aliphatic rings. The van der Waals surface area contributed by atoms with Gasteiger partial charge in [0.2, 0.25) is 0 Å². The first-order valence-electron chi connectivity index (χ1n) is 9.11. The SMILES string of the molecule is CC(C)(C)C1(CN[C@H](CO)CCO)CCN(Cc2ccccc2)C1. The number of nitrogens with one attached hydrogen (secondary N) is 1. The maximum Gasteiger partial charge on any atom is 0.0585 e. The van der Waals surface area contributed by atoms with E-state index in [-0.39, 0.29) is 30.1 Å². The molecule has 1 aromatic carbocycles. The fourth-order valence-corrected chi connectivity index (χ4v) is 3.71. The van der Waals surface area contributed by atoms with Gasteiger partial charge in [0.15, 0.2) is 0 Å². The van der Waals surface area contributed by atoms with Crippen molar-refractivity contribution < 1.29 is 10.2 Å². The van der Waals surface area contributed by atoms with Crippen LogP contribution in [0.25, 0.3) is 0 Å². The highest BCUT2D eigenvalue weighted by atomic mass is 16.3.